The summed E-state index contributed by atoms with van der Waals surface area (Å²) in [4.78, 5) is 23.6. The van der Waals surface area contributed by atoms with E-state index in [1.165, 1.54) is 19.3 Å². The first-order valence-corrected chi connectivity index (χ1v) is 8.24. The van der Waals surface area contributed by atoms with Crippen molar-refractivity contribution in [3.8, 4) is 0 Å². The molecule has 1 aromatic rings. The van der Waals surface area contributed by atoms with Crippen molar-refractivity contribution in [1.82, 2.24) is 0 Å². The second-order valence-electron chi connectivity index (χ2n) is 5.34. The van der Waals surface area contributed by atoms with Crippen molar-refractivity contribution in [2.75, 3.05) is 13.2 Å². The summed E-state index contributed by atoms with van der Waals surface area (Å²) < 4.78 is 10.3. The molecule has 0 saturated heterocycles. The third-order valence-electron chi connectivity index (χ3n) is 3.39. The van der Waals surface area contributed by atoms with Crippen LogP contribution in [0, 0.1) is 0 Å². The van der Waals surface area contributed by atoms with Crippen molar-refractivity contribution in [1.29, 1.82) is 0 Å². The van der Waals surface area contributed by atoms with E-state index in [1.54, 1.807) is 30.3 Å². The Morgan fingerprint density at radius 2 is 1.43 bits per heavy atom. The van der Waals surface area contributed by atoms with E-state index >= 15 is 0 Å². The molecule has 1 rings (SSSR count). The van der Waals surface area contributed by atoms with Gasteiger partial charge in [-0.25, -0.2) is 9.59 Å². The van der Waals surface area contributed by atoms with Crippen LogP contribution in [0.4, 0.5) is 0 Å². The van der Waals surface area contributed by atoms with Gasteiger partial charge in [-0.2, -0.15) is 0 Å². The van der Waals surface area contributed by atoms with E-state index in [0.29, 0.717) is 30.8 Å². The average molecular weight is 318 g/mol. The maximum atomic E-state index is 11.9. The van der Waals surface area contributed by atoms with E-state index in [4.69, 9.17) is 9.47 Å². The molecule has 0 aliphatic heterocycles. The molecule has 0 radical (unpaired) electrons. The fourth-order valence-electron chi connectivity index (χ4n) is 2.01. The molecule has 0 heterocycles. The number of hydrogen-bond acceptors (Lipinski definition) is 4. The predicted molar refractivity (Wildman–Crippen MR) is 90.6 cm³/mol. The monoisotopic (exact) mass is 318 g/mol. The largest absolute Gasteiger partial charge is 0.462 e. The second-order valence-corrected chi connectivity index (χ2v) is 5.34. The summed E-state index contributed by atoms with van der Waals surface area (Å²) in [6, 6.07) is 6.33. The Balaban J connectivity index is 2.35. The Morgan fingerprint density at radius 1 is 0.913 bits per heavy atom. The van der Waals surface area contributed by atoms with Crippen LogP contribution in [0.15, 0.2) is 36.9 Å². The maximum Gasteiger partial charge on any atom is 0.338 e. The lowest BCUT2D eigenvalue weighted by molar-refractivity contribution is 0.0488. The summed E-state index contributed by atoms with van der Waals surface area (Å²) in [5.41, 5.74) is 0.867. The smallest absolute Gasteiger partial charge is 0.338 e. The maximum absolute atomic E-state index is 11.9. The second kappa shape index (κ2) is 11.5. The molecule has 4 heteroatoms. The van der Waals surface area contributed by atoms with Gasteiger partial charge in [-0.1, -0.05) is 38.7 Å². The SMILES string of the molecule is C=CCCOC(=O)c1ccc(C(=O)OCCCCCCC)cc1. The van der Waals surface area contributed by atoms with Crippen molar-refractivity contribution in [2.45, 2.75) is 45.4 Å². The van der Waals surface area contributed by atoms with Gasteiger partial charge in [-0.15, -0.1) is 6.58 Å². The lowest BCUT2D eigenvalue weighted by atomic mass is 10.1. The van der Waals surface area contributed by atoms with Gasteiger partial charge in [0.15, 0.2) is 0 Å². The Hall–Kier alpha value is -2.10. The quantitative estimate of drug-likeness (QED) is 0.341. The fourth-order valence-corrected chi connectivity index (χ4v) is 2.01. The van der Waals surface area contributed by atoms with Gasteiger partial charge in [0.2, 0.25) is 0 Å². The molecule has 126 valence electrons. The Bertz CT molecular complexity index is 491. The third kappa shape index (κ3) is 7.63. The van der Waals surface area contributed by atoms with Gasteiger partial charge < -0.3 is 9.47 Å². The highest BCUT2D eigenvalue weighted by molar-refractivity contribution is 5.93. The summed E-state index contributed by atoms with van der Waals surface area (Å²) in [5.74, 6) is -0.755. The molecule has 23 heavy (non-hydrogen) atoms. The minimum atomic E-state index is -0.400. The number of hydrogen-bond donors (Lipinski definition) is 0. The number of ether oxygens (including phenoxy) is 2. The number of benzene rings is 1. The Morgan fingerprint density at radius 3 is 1.96 bits per heavy atom. The molecule has 0 aliphatic carbocycles. The number of rotatable bonds is 11. The molecule has 0 unspecified atom stereocenters. The molecular weight excluding hydrogens is 292 g/mol. The fraction of sp³-hybridized carbons (Fsp3) is 0.474. The topological polar surface area (TPSA) is 52.6 Å². The normalized spacial score (nSPS) is 10.1. The van der Waals surface area contributed by atoms with Crippen molar-refractivity contribution in [3.05, 3.63) is 48.0 Å². The van der Waals surface area contributed by atoms with E-state index in [9.17, 15) is 9.59 Å². The van der Waals surface area contributed by atoms with Crippen LogP contribution in [0.3, 0.4) is 0 Å². The first-order chi connectivity index (χ1) is 11.2. The van der Waals surface area contributed by atoms with Crippen molar-refractivity contribution in [3.63, 3.8) is 0 Å². The van der Waals surface area contributed by atoms with Crippen LogP contribution >= 0.6 is 0 Å². The first-order valence-electron chi connectivity index (χ1n) is 8.24. The molecule has 4 nitrogen and oxygen atoms in total. The van der Waals surface area contributed by atoms with Crippen LogP contribution in [-0.4, -0.2) is 25.2 Å². The first kappa shape index (κ1) is 18.9. The van der Waals surface area contributed by atoms with Crippen molar-refractivity contribution < 1.29 is 19.1 Å². The molecule has 0 N–H and O–H groups in total. The van der Waals surface area contributed by atoms with E-state index in [0.717, 1.165) is 12.8 Å². The molecule has 0 saturated carbocycles. The molecule has 0 aliphatic rings. The van der Waals surface area contributed by atoms with Gasteiger partial charge >= 0.3 is 11.9 Å². The van der Waals surface area contributed by atoms with E-state index in [-0.39, 0.29) is 5.97 Å². The molecule has 0 aromatic heterocycles. The van der Waals surface area contributed by atoms with Crippen LogP contribution in [0.2, 0.25) is 0 Å². The minimum absolute atomic E-state index is 0.310. The molecule has 1 aromatic carbocycles. The molecule has 0 amide bonds. The average Bonchev–Trinajstić information content (AvgIpc) is 2.58. The van der Waals surface area contributed by atoms with Gasteiger partial charge in [0, 0.05) is 0 Å². The van der Waals surface area contributed by atoms with Gasteiger partial charge in [-0.3, -0.25) is 0 Å². The standard InChI is InChI=1S/C19H26O4/c1-3-5-7-8-9-15-23-19(21)17-12-10-16(11-13-17)18(20)22-14-6-4-2/h4,10-13H,2-3,5-9,14-15H2,1H3. The molecule has 0 fully saturated rings. The lowest BCUT2D eigenvalue weighted by Gasteiger charge is -2.06. The summed E-state index contributed by atoms with van der Waals surface area (Å²) in [6.07, 6.45) is 7.87. The van der Waals surface area contributed by atoms with Crippen LogP contribution in [0.5, 0.6) is 0 Å². The number of unbranched alkanes of at least 4 members (excludes halogenated alkanes) is 4. The zero-order chi connectivity index (χ0) is 16.9. The highest BCUT2D eigenvalue weighted by Gasteiger charge is 2.10. The van der Waals surface area contributed by atoms with Crippen molar-refractivity contribution >= 4 is 11.9 Å². The van der Waals surface area contributed by atoms with Gasteiger partial charge in [-0.05, 0) is 37.1 Å². The van der Waals surface area contributed by atoms with E-state index in [1.807, 2.05) is 0 Å². The zero-order valence-electron chi connectivity index (χ0n) is 13.9. The van der Waals surface area contributed by atoms with Crippen LogP contribution in [0.1, 0.15) is 66.2 Å². The summed E-state index contributed by atoms with van der Waals surface area (Å²) in [6.45, 7) is 6.48. The number of carbonyl (C=O) groups excluding carboxylic acids is 2. The van der Waals surface area contributed by atoms with E-state index in [2.05, 4.69) is 13.5 Å². The van der Waals surface area contributed by atoms with Gasteiger partial charge in [0.1, 0.15) is 0 Å². The predicted octanol–water partition coefficient (Wildman–Crippen LogP) is 4.55. The Kier molecular flexibility index (Phi) is 9.45. The van der Waals surface area contributed by atoms with Crippen molar-refractivity contribution in [2.24, 2.45) is 0 Å². The van der Waals surface area contributed by atoms with Crippen LogP contribution < -0.4 is 0 Å². The summed E-state index contributed by atoms with van der Waals surface area (Å²) in [7, 11) is 0. The highest BCUT2D eigenvalue weighted by atomic mass is 16.5. The van der Waals surface area contributed by atoms with Crippen LogP contribution in [-0.2, 0) is 9.47 Å². The summed E-state index contributed by atoms with van der Waals surface area (Å²) >= 11 is 0. The zero-order valence-corrected chi connectivity index (χ0v) is 13.9. The molecule has 0 atom stereocenters. The number of esters is 2. The third-order valence-corrected chi connectivity index (χ3v) is 3.39. The summed E-state index contributed by atoms with van der Waals surface area (Å²) in [5, 5.41) is 0. The van der Waals surface area contributed by atoms with E-state index < -0.39 is 5.97 Å². The molecule has 0 spiro atoms. The number of carbonyl (C=O) groups is 2. The highest BCUT2D eigenvalue weighted by Crippen LogP contribution is 2.09. The lowest BCUT2D eigenvalue weighted by Crippen LogP contribution is -2.09. The molecule has 0 bridgehead atoms. The van der Waals surface area contributed by atoms with Gasteiger partial charge in [0.05, 0.1) is 24.3 Å². The molecular formula is C19H26O4. The van der Waals surface area contributed by atoms with Gasteiger partial charge in [0.25, 0.3) is 0 Å². The Labute approximate surface area is 138 Å². The van der Waals surface area contributed by atoms with Crippen LogP contribution in [0.25, 0.3) is 0 Å². The minimum Gasteiger partial charge on any atom is -0.462 e.